The van der Waals surface area contributed by atoms with Crippen LogP contribution >= 0.6 is 11.6 Å². The number of phenolic OH excluding ortho intramolecular Hbond substituents is 1. The molecule has 0 heterocycles. The van der Waals surface area contributed by atoms with Crippen LogP contribution in [-0.2, 0) is 26.1 Å². The van der Waals surface area contributed by atoms with Gasteiger partial charge in [0.2, 0.25) is 0 Å². The normalized spacial score (nSPS) is 12.9. The average Bonchev–Trinajstić information content (AvgIpc) is 2.38. The molecule has 1 aromatic rings. The maximum absolute atomic E-state index is 11.8. The summed E-state index contributed by atoms with van der Waals surface area (Å²) < 4.78 is 31.3. The fraction of sp³-hybridized carbons (Fsp3) is 0.385. The number of nitrogens with two attached hydrogens (primary N) is 1. The van der Waals surface area contributed by atoms with Crippen molar-refractivity contribution in [1.82, 2.24) is 0 Å². The number of halogens is 1. The molecule has 0 amide bonds. The van der Waals surface area contributed by atoms with E-state index in [0.29, 0.717) is 0 Å². The number of hydrogen-bond donors (Lipinski definition) is 3. The van der Waals surface area contributed by atoms with Crippen molar-refractivity contribution in [2.24, 2.45) is 5.73 Å². The highest BCUT2D eigenvalue weighted by molar-refractivity contribution is 7.86. The number of hydrogen-bond acceptors (Lipinski definition) is 6. The average molecular weight is 350 g/mol. The van der Waals surface area contributed by atoms with Gasteiger partial charge in [0.15, 0.2) is 0 Å². The van der Waals surface area contributed by atoms with E-state index in [1.54, 1.807) is 0 Å². The van der Waals surface area contributed by atoms with Crippen molar-refractivity contribution < 1.29 is 27.7 Å². The molecule has 22 heavy (non-hydrogen) atoms. The fourth-order valence-corrected chi connectivity index (χ4v) is 2.74. The zero-order chi connectivity index (χ0) is 17.1. The van der Waals surface area contributed by atoms with Gasteiger partial charge in [-0.05, 0) is 25.5 Å². The standard InChI is InChI=1S/C13H16ClNO6S/c1-7(16)11(15)3-2-10(17)5-8-4-9(14)6-12(13(8)18)22(19,20)21/h4,6,11,18H,2-3,5,15H2,1H3,(H,19,20,21)/t11-/m0/s1. The molecule has 0 saturated carbocycles. The van der Waals surface area contributed by atoms with Gasteiger partial charge in [-0.25, -0.2) is 0 Å². The fourth-order valence-electron chi connectivity index (χ4n) is 1.78. The molecule has 0 bridgehead atoms. The molecule has 0 fully saturated rings. The zero-order valence-electron chi connectivity index (χ0n) is 11.7. The molecule has 0 aromatic heterocycles. The molecule has 0 saturated heterocycles. The molecular weight excluding hydrogens is 334 g/mol. The molecule has 0 spiro atoms. The van der Waals surface area contributed by atoms with Crippen molar-refractivity contribution in [2.45, 2.75) is 37.1 Å². The Balaban J connectivity index is 2.93. The molecule has 1 aromatic carbocycles. The minimum atomic E-state index is -4.66. The van der Waals surface area contributed by atoms with Gasteiger partial charge in [-0.15, -0.1) is 0 Å². The summed E-state index contributed by atoms with van der Waals surface area (Å²) in [6.07, 6.45) is -0.145. The minimum absolute atomic E-state index is 0.00604. The number of phenols is 1. The second-order valence-corrected chi connectivity index (χ2v) is 6.68. The summed E-state index contributed by atoms with van der Waals surface area (Å²) >= 11 is 5.72. The van der Waals surface area contributed by atoms with Crippen molar-refractivity contribution in [2.75, 3.05) is 0 Å². The van der Waals surface area contributed by atoms with Crippen LogP contribution in [0.15, 0.2) is 17.0 Å². The van der Waals surface area contributed by atoms with E-state index >= 15 is 0 Å². The van der Waals surface area contributed by atoms with Crippen LogP contribution in [-0.4, -0.2) is 35.7 Å². The monoisotopic (exact) mass is 349 g/mol. The third kappa shape index (κ3) is 5.06. The van der Waals surface area contributed by atoms with Gasteiger partial charge in [-0.3, -0.25) is 14.1 Å². The highest BCUT2D eigenvalue weighted by Crippen LogP contribution is 2.31. The summed E-state index contributed by atoms with van der Waals surface area (Å²) in [5.41, 5.74) is 5.48. The van der Waals surface area contributed by atoms with E-state index in [9.17, 15) is 23.1 Å². The number of ketones is 2. The predicted molar refractivity (Wildman–Crippen MR) is 79.5 cm³/mol. The predicted octanol–water partition coefficient (Wildman–Crippen LogP) is 1.10. The van der Waals surface area contributed by atoms with Gasteiger partial charge < -0.3 is 10.8 Å². The van der Waals surface area contributed by atoms with Gasteiger partial charge in [0, 0.05) is 23.4 Å². The van der Waals surface area contributed by atoms with E-state index in [2.05, 4.69) is 0 Å². The molecule has 0 unspecified atom stereocenters. The molecular formula is C13H16ClNO6S. The lowest BCUT2D eigenvalue weighted by Gasteiger charge is -2.10. The third-order valence-electron chi connectivity index (χ3n) is 3.04. The molecule has 1 atom stereocenters. The maximum Gasteiger partial charge on any atom is 0.298 e. The lowest BCUT2D eigenvalue weighted by Crippen LogP contribution is -2.28. The minimum Gasteiger partial charge on any atom is -0.506 e. The summed E-state index contributed by atoms with van der Waals surface area (Å²) in [5, 5.41) is 9.79. The Bertz CT molecular complexity index is 701. The second kappa shape index (κ2) is 7.19. The first-order valence-corrected chi connectivity index (χ1v) is 8.10. The zero-order valence-corrected chi connectivity index (χ0v) is 13.3. The summed E-state index contributed by atoms with van der Waals surface area (Å²) in [6.45, 7) is 1.32. The lowest BCUT2D eigenvalue weighted by atomic mass is 10.0. The van der Waals surface area contributed by atoms with Crippen molar-refractivity contribution in [1.29, 1.82) is 0 Å². The first-order chi connectivity index (χ1) is 10.0. The number of benzene rings is 1. The Morgan fingerprint density at radius 2 is 1.95 bits per heavy atom. The van der Waals surface area contributed by atoms with Gasteiger partial charge in [0.05, 0.1) is 6.04 Å². The van der Waals surface area contributed by atoms with Gasteiger partial charge in [-0.1, -0.05) is 11.6 Å². The number of carbonyl (C=O) groups excluding carboxylic acids is 2. The smallest absolute Gasteiger partial charge is 0.298 e. The molecule has 4 N–H and O–H groups in total. The van der Waals surface area contributed by atoms with E-state index in [0.717, 1.165) is 6.07 Å². The highest BCUT2D eigenvalue weighted by Gasteiger charge is 2.21. The number of carbonyl (C=O) groups is 2. The SMILES string of the molecule is CC(=O)[C@@H](N)CCC(=O)Cc1cc(Cl)cc(S(=O)(=O)O)c1O. The Labute approximate surface area is 132 Å². The highest BCUT2D eigenvalue weighted by atomic mass is 35.5. The van der Waals surface area contributed by atoms with Gasteiger partial charge >= 0.3 is 0 Å². The first kappa shape index (κ1) is 18.6. The van der Waals surface area contributed by atoms with Crippen molar-refractivity contribution >= 4 is 33.3 Å². The summed E-state index contributed by atoms with van der Waals surface area (Å²) in [7, 11) is -4.66. The Morgan fingerprint density at radius 3 is 2.45 bits per heavy atom. The van der Waals surface area contributed by atoms with Gasteiger partial charge in [-0.2, -0.15) is 8.42 Å². The first-order valence-electron chi connectivity index (χ1n) is 6.29. The topological polar surface area (TPSA) is 135 Å². The number of aromatic hydroxyl groups is 1. The van der Waals surface area contributed by atoms with Gasteiger partial charge in [0.1, 0.15) is 22.2 Å². The molecule has 122 valence electrons. The maximum atomic E-state index is 11.8. The van der Waals surface area contributed by atoms with Crippen LogP contribution in [0.4, 0.5) is 0 Å². The molecule has 0 aliphatic carbocycles. The Morgan fingerprint density at radius 1 is 1.36 bits per heavy atom. The van der Waals surface area contributed by atoms with Crippen LogP contribution in [0.5, 0.6) is 5.75 Å². The summed E-state index contributed by atoms with van der Waals surface area (Å²) in [5.74, 6) is -1.32. The van der Waals surface area contributed by atoms with Crippen LogP contribution in [0.25, 0.3) is 0 Å². The molecule has 0 radical (unpaired) electrons. The molecule has 7 nitrogen and oxygen atoms in total. The third-order valence-corrected chi connectivity index (χ3v) is 4.13. The van der Waals surface area contributed by atoms with Crippen molar-refractivity contribution in [3.05, 3.63) is 22.7 Å². The van der Waals surface area contributed by atoms with Crippen LogP contribution < -0.4 is 5.73 Å². The molecule has 9 heteroatoms. The number of Topliss-reactive ketones (excluding diaryl/α,β-unsaturated/α-hetero) is 2. The number of rotatable bonds is 7. The van der Waals surface area contributed by atoms with Crippen molar-refractivity contribution in [3.8, 4) is 5.75 Å². The van der Waals surface area contributed by atoms with Crippen LogP contribution in [0, 0.1) is 0 Å². The largest absolute Gasteiger partial charge is 0.506 e. The second-order valence-electron chi connectivity index (χ2n) is 4.86. The van der Waals surface area contributed by atoms with E-state index in [4.69, 9.17) is 21.9 Å². The van der Waals surface area contributed by atoms with E-state index in [1.807, 2.05) is 0 Å². The van der Waals surface area contributed by atoms with Gasteiger partial charge in [0.25, 0.3) is 10.1 Å². The Hall–Kier alpha value is -1.48. The molecule has 0 aliphatic heterocycles. The van der Waals surface area contributed by atoms with Crippen LogP contribution in [0.1, 0.15) is 25.3 Å². The van der Waals surface area contributed by atoms with E-state index in [-0.39, 0.29) is 41.4 Å². The summed E-state index contributed by atoms with van der Waals surface area (Å²) in [4.78, 5) is 22.1. The molecule has 1 rings (SSSR count). The molecule has 0 aliphatic rings. The lowest BCUT2D eigenvalue weighted by molar-refractivity contribution is -0.119. The van der Waals surface area contributed by atoms with E-state index in [1.165, 1.54) is 13.0 Å². The van der Waals surface area contributed by atoms with Crippen LogP contribution in [0.2, 0.25) is 5.02 Å². The van der Waals surface area contributed by atoms with Crippen molar-refractivity contribution in [3.63, 3.8) is 0 Å². The van der Waals surface area contributed by atoms with Crippen LogP contribution in [0.3, 0.4) is 0 Å². The quantitative estimate of drug-likeness (QED) is 0.627. The summed E-state index contributed by atoms with van der Waals surface area (Å²) in [6, 6.07) is 1.37. The Kier molecular flexibility index (Phi) is 6.07. The van der Waals surface area contributed by atoms with E-state index < -0.39 is 26.8 Å².